The van der Waals surface area contributed by atoms with E-state index in [0.717, 1.165) is 25.4 Å². The Bertz CT molecular complexity index is 416. The van der Waals surface area contributed by atoms with Crippen molar-refractivity contribution in [3.05, 3.63) is 35.4 Å². The molecule has 1 heterocycles. The molecule has 20 heavy (non-hydrogen) atoms. The van der Waals surface area contributed by atoms with E-state index in [2.05, 4.69) is 62.2 Å². The first-order valence-corrected chi connectivity index (χ1v) is 8.19. The Hall–Kier alpha value is -0.860. The predicted molar refractivity (Wildman–Crippen MR) is 86.9 cm³/mol. The third-order valence-corrected chi connectivity index (χ3v) is 4.93. The molecule has 0 radical (unpaired) electrons. The van der Waals surface area contributed by atoms with Crippen molar-refractivity contribution in [2.45, 2.75) is 59.2 Å². The highest BCUT2D eigenvalue weighted by molar-refractivity contribution is 5.27. The number of piperazine rings is 1. The van der Waals surface area contributed by atoms with E-state index in [4.69, 9.17) is 0 Å². The Balaban J connectivity index is 2.06. The largest absolute Gasteiger partial charge is 0.311 e. The van der Waals surface area contributed by atoms with Crippen LogP contribution in [0, 0.1) is 5.92 Å². The van der Waals surface area contributed by atoms with Crippen molar-refractivity contribution in [3.63, 3.8) is 0 Å². The zero-order valence-electron chi connectivity index (χ0n) is 13.5. The van der Waals surface area contributed by atoms with E-state index < -0.39 is 0 Å². The van der Waals surface area contributed by atoms with Crippen LogP contribution in [0.25, 0.3) is 0 Å². The number of aryl methyl sites for hydroxylation is 1. The van der Waals surface area contributed by atoms with Crippen molar-refractivity contribution in [2.24, 2.45) is 5.92 Å². The summed E-state index contributed by atoms with van der Waals surface area (Å²) in [5, 5.41) is 3.72. The molecule has 112 valence electrons. The maximum Gasteiger partial charge on any atom is 0.0240 e. The van der Waals surface area contributed by atoms with Gasteiger partial charge < -0.3 is 5.32 Å². The van der Waals surface area contributed by atoms with Crippen molar-refractivity contribution in [2.75, 3.05) is 13.1 Å². The topological polar surface area (TPSA) is 15.3 Å². The monoisotopic (exact) mass is 274 g/mol. The quantitative estimate of drug-likeness (QED) is 0.884. The standard InChI is InChI=1S/C18H30N2/c1-5-14(3)18-13-20(15(4)11-19-18)12-17-10-8-7-9-16(17)6-2/h7-10,14-15,18-19H,5-6,11-13H2,1-4H3. The molecule has 1 fully saturated rings. The molecular weight excluding hydrogens is 244 g/mol. The molecule has 1 aromatic rings. The third-order valence-electron chi connectivity index (χ3n) is 4.93. The van der Waals surface area contributed by atoms with Gasteiger partial charge in [0.25, 0.3) is 0 Å². The van der Waals surface area contributed by atoms with E-state index in [9.17, 15) is 0 Å². The van der Waals surface area contributed by atoms with E-state index in [-0.39, 0.29) is 0 Å². The zero-order valence-corrected chi connectivity index (χ0v) is 13.5. The Labute approximate surface area is 124 Å². The van der Waals surface area contributed by atoms with Gasteiger partial charge >= 0.3 is 0 Å². The highest BCUT2D eigenvalue weighted by atomic mass is 15.2. The average Bonchev–Trinajstić information content (AvgIpc) is 2.49. The van der Waals surface area contributed by atoms with E-state index >= 15 is 0 Å². The molecule has 2 heteroatoms. The second kappa shape index (κ2) is 7.24. The second-order valence-electron chi connectivity index (χ2n) is 6.30. The molecular formula is C18H30N2. The predicted octanol–water partition coefficient (Wildman–Crippen LogP) is 3.46. The molecule has 0 aromatic heterocycles. The Morgan fingerprint density at radius 1 is 1.25 bits per heavy atom. The van der Waals surface area contributed by atoms with Crippen LogP contribution in [0.4, 0.5) is 0 Å². The van der Waals surface area contributed by atoms with E-state index in [1.165, 1.54) is 24.1 Å². The zero-order chi connectivity index (χ0) is 14.5. The van der Waals surface area contributed by atoms with Gasteiger partial charge in [0.1, 0.15) is 0 Å². The molecule has 1 saturated heterocycles. The number of nitrogens with one attached hydrogen (secondary N) is 1. The normalized spacial score (nSPS) is 25.6. The number of rotatable bonds is 5. The summed E-state index contributed by atoms with van der Waals surface area (Å²) < 4.78 is 0. The molecule has 0 saturated carbocycles. The molecule has 0 spiro atoms. The smallest absolute Gasteiger partial charge is 0.0240 e. The summed E-state index contributed by atoms with van der Waals surface area (Å²) >= 11 is 0. The molecule has 0 bridgehead atoms. The van der Waals surface area contributed by atoms with Crippen LogP contribution in [0.2, 0.25) is 0 Å². The molecule has 3 atom stereocenters. The van der Waals surface area contributed by atoms with Crippen LogP contribution in [0.5, 0.6) is 0 Å². The lowest BCUT2D eigenvalue weighted by Crippen LogP contribution is -2.57. The molecule has 1 aliphatic rings. The summed E-state index contributed by atoms with van der Waals surface area (Å²) in [6, 6.07) is 10.2. The summed E-state index contributed by atoms with van der Waals surface area (Å²) in [7, 11) is 0. The fourth-order valence-electron chi connectivity index (χ4n) is 3.11. The SMILES string of the molecule is CCc1ccccc1CN1CC(C(C)CC)NCC1C. The lowest BCUT2D eigenvalue weighted by atomic mass is 9.95. The van der Waals surface area contributed by atoms with Crippen molar-refractivity contribution >= 4 is 0 Å². The van der Waals surface area contributed by atoms with Crippen molar-refractivity contribution in [3.8, 4) is 0 Å². The molecule has 1 aliphatic heterocycles. The van der Waals surface area contributed by atoms with E-state index in [1.54, 1.807) is 0 Å². The molecule has 1 aromatic carbocycles. The van der Waals surface area contributed by atoms with E-state index in [0.29, 0.717) is 12.1 Å². The molecule has 2 nitrogen and oxygen atoms in total. The van der Waals surface area contributed by atoms with Crippen LogP contribution in [-0.2, 0) is 13.0 Å². The van der Waals surface area contributed by atoms with Crippen LogP contribution in [0.15, 0.2) is 24.3 Å². The van der Waals surface area contributed by atoms with Gasteiger partial charge in [0.15, 0.2) is 0 Å². The Morgan fingerprint density at radius 2 is 1.95 bits per heavy atom. The van der Waals surface area contributed by atoms with Gasteiger partial charge in [-0.25, -0.2) is 0 Å². The number of benzene rings is 1. The maximum absolute atomic E-state index is 3.72. The fraction of sp³-hybridized carbons (Fsp3) is 0.667. The van der Waals surface area contributed by atoms with Crippen molar-refractivity contribution in [1.29, 1.82) is 0 Å². The summed E-state index contributed by atoms with van der Waals surface area (Å²) in [4.78, 5) is 2.65. The lowest BCUT2D eigenvalue weighted by Gasteiger charge is -2.41. The molecule has 3 unspecified atom stereocenters. The van der Waals surface area contributed by atoms with Crippen LogP contribution in [0.3, 0.4) is 0 Å². The number of hydrogen-bond acceptors (Lipinski definition) is 2. The highest BCUT2D eigenvalue weighted by Crippen LogP contribution is 2.19. The second-order valence-corrected chi connectivity index (χ2v) is 6.30. The minimum absolute atomic E-state index is 0.625. The minimum atomic E-state index is 0.625. The molecule has 0 amide bonds. The number of hydrogen-bond donors (Lipinski definition) is 1. The summed E-state index contributed by atoms with van der Waals surface area (Å²) in [6.07, 6.45) is 2.39. The average molecular weight is 274 g/mol. The lowest BCUT2D eigenvalue weighted by molar-refractivity contribution is 0.111. The number of nitrogens with zero attached hydrogens (tertiary/aromatic N) is 1. The van der Waals surface area contributed by atoms with Crippen molar-refractivity contribution < 1.29 is 0 Å². The minimum Gasteiger partial charge on any atom is -0.311 e. The van der Waals surface area contributed by atoms with Gasteiger partial charge in [0.2, 0.25) is 0 Å². The maximum atomic E-state index is 3.72. The van der Waals surface area contributed by atoms with Gasteiger partial charge in [0.05, 0.1) is 0 Å². The van der Waals surface area contributed by atoms with Crippen LogP contribution >= 0.6 is 0 Å². The molecule has 0 aliphatic carbocycles. The first-order valence-electron chi connectivity index (χ1n) is 8.19. The van der Waals surface area contributed by atoms with Gasteiger partial charge in [-0.3, -0.25) is 4.90 Å². The highest BCUT2D eigenvalue weighted by Gasteiger charge is 2.27. The van der Waals surface area contributed by atoms with Crippen LogP contribution in [0.1, 0.15) is 45.2 Å². The molecule has 2 rings (SSSR count). The van der Waals surface area contributed by atoms with Gasteiger partial charge in [-0.1, -0.05) is 51.5 Å². The van der Waals surface area contributed by atoms with Crippen LogP contribution < -0.4 is 5.32 Å². The van der Waals surface area contributed by atoms with Gasteiger partial charge in [-0.2, -0.15) is 0 Å². The Kier molecular flexibility index (Phi) is 5.62. The van der Waals surface area contributed by atoms with Gasteiger partial charge in [0, 0.05) is 31.7 Å². The van der Waals surface area contributed by atoms with Gasteiger partial charge in [-0.05, 0) is 30.4 Å². The summed E-state index contributed by atoms with van der Waals surface area (Å²) in [5.41, 5.74) is 3.00. The molecule has 1 N–H and O–H groups in total. The van der Waals surface area contributed by atoms with Crippen LogP contribution in [-0.4, -0.2) is 30.1 Å². The third kappa shape index (κ3) is 3.62. The van der Waals surface area contributed by atoms with Gasteiger partial charge in [-0.15, -0.1) is 0 Å². The van der Waals surface area contributed by atoms with E-state index in [1.807, 2.05) is 0 Å². The first kappa shape index (κ1) is 15.5. The van der Waals surface area contributed by atoms with Crippen molar-refractivity contribution in [1.82, 2.24) is 10.2 Å². The fourth-order valence-corrected chi connectivity index (χ4v) is 3.11. The summed E-state index contributed by atoms with van der Waals surface area (Å²) in [6.45, 7) is 12.6. The Morgan fingerprint density at radius 3 is 2.60 bits per heavy atom. The first-order chi connectivity index (χ1) is 9.65. The summed E-state index contributed by atoms with van der Waals surface area (Å²) in [5.74, 6) is 0.756.